The molecular formula is C17H24N2O2S. The molecule has 2 heterocycles. The monoisotopic (exact) mass is 320 g/mol. The molecule has 0 bridgehead atoms. The molecule has 2 aliphatic rings. The molecule has 120 valence electrons. The van der Waals surface area contributed by atoms with Gasteiger partial charge in [-0.3, -0.25) is 9.69 Å². The number of thioether (sulfide) groups is 1. The second-order valence-electron chi connectivity index (χ2n) is 6.15. The van der Waals surface area contributed by atoms with Gasteiger partial charge in [-0.25, -0.2) is 0 Å². The Balaban J connectivity index is 1.74. The van der Waals surface area contributed by atoms with Crippen molar-refractivity contribution < 1.29 is 9.53 Å². The van der Waals surface area contributed by atoms with Crippen LogP contribution in [0.1, 0.15) is 20.3 Å². The summed E-state index contributed by atoms with van der Waals surface area (Å²) in [5, 5.41) is 0.544. The van der Waals surface area contributed by atoms with E-state index in [2.05, 4.69) is 36.9 Å². The first kappa shape index (κ1) is 15.8. The molecule has 0 radical (unpaired) electrons. The van der Waals surface area contributed by atoms with Crippen LogP contribution in [0.5, 0.6) is 0 Å². The molecule has 3 rings (SSSR count). The van der Waals surface area contributed by atoms with Gasteiger partial charge in [0, 0.05) is 29.8 Å². The predicted molar refractivity (Wildman–Crippen MR) is 90.6 cm³/mol. The molecule has 2 atom stereocenters. The van der Waals surface area contributed by atoms with Gasteiger partial charge in [-0.1, -0.05) is 19.1 Å². The standard InChI is InChI=1S/C17H24N2O2S/c1-13-11-18(9-10-21-13)12-17(20)19-8-7-14(2)22-16-6-4-3-5-15(16)19/h3-6,13-14H,7-12H2,1-2H3. The summed E-state index contributed by atoms with van der Waals surface area (Å²) in [4.78, 5) is 18.2. The van der Waals surface area contributed by atoms with E-state index in [4.69, 9.17) is 4.74 Å². The third kappa shape index (κ3) is 3.65. The second-order valence-corrected chi connectivity index (χ2v) is 7.63. The highest BCUT2D eigenvalue weighted by Crippen LogP contribution is 2.37. The van der Waals surface area contributed by atoms with Crippen LogP contribution in [0.4, 0.5) is 5.69 Å². The highest BCUT2D eigenvalue weighted by atomic mass is 32.2. The number of anilines is 1. The van der Waals surface area contributed by atoms with E-state index in [1.165, 1.54) is 4.90 Å². The molecule has 0 aliphatic carbocycles. The van der Waals surface area contributed by atoms with E-state index in [0.717, 1.165) is 38.3 Å². The van der Waals surface area contributed by atoms with Crippen LogP contribution in [-0.2, 0) is 9.53 Å². The third-order valence-corrected chi connectivity index (χ3v) is 5.47. The Morgan fingerprint density at radius 3 is 2.95 bits per heavy atom. The number of carbonyl (C=O) groups excluding carboxylic acids is 1. The molecule has 2 aliphatic heterocycles. The molecule has 1 amide bonds. The average molecular weight is 320 g/mol. The van der Waals surface area contributed by atoms with E-state index in [1.54, 1.807) is 0 Å². The number of para-hydroxylation sites is 1. The Bertz CT molecular complexity index is 537. The average Bonchev–Trinajstić information content (AvgIpc) is 2.65. The minimum Gasteiger partial charge on any atom is -0.376 e. The molecule has 1 saturated heterocycles. The van der Waals surface area contributed by atoms with E-state index in [-0.39, 0.29) is 12.0 Å². The Morgan fingerprint density at radius 2 is 2.14 bits per heavy atom. The van der Waals surface area contributed by atoms with Crippen LogP contribution in [-0.4, -0.2) is 54.9 Å². The summed E-state index contributed by atoms with van der Waals surface area (Å²) < 4.78 is 5.56. The molecule has 22 heavy (non-hydrogen) atoms. The molecule has 5 heteroatoms. The van der Waals surface area contributed by atoms with Crippen molar-refractivity contribution in [1.82, 2.24) is 4.90 Å². The van der Waals surface area contributed by atoms with Gasteiger partial charge in [0.1, 0.15) is 0 Å². The minimum absolute atomic E-state index is 0.205. The van der Waals surface area contributed by atoms with Gasteiger partial charge in [0.25, 0.3) is 0 Å². The topological polar surface area (TPSA) is 32.8 Å². The number of hydrogen-bond acceptors (Lipinski definition) is 4. The lowest BCUT2D eigenvalue weighted by molar-refractivity contribution is -0.121. The van der Waals surface area contributed by atoms with Crippen LogP contribution in [0.3, 0.4) is 0 Å². The van der Waals surface area contributed by atoms with Gasteiger partial charge in [0.05, 0.1) is 24.9 Å². The van der Waals surface area contributed by atoms with Gasteiger partial charge in [-0.15, -0.1) is 11.8 Å². The number of hydrogen-bond donors (Lipinski definition) is 0. The van der Waals surface area contributed by atoms with Crippen LogP contribution < -0.4 is 4.90 Å². The Kier molecular flexibility index (Phi) is 5.06. The zero-order valence-corrected chi connectivity index (χ0v) is 14.1. The molecule has 4 nitrogen and oxygen atoms in total. The van der Waals surface area contributed by atoms with Crippen LogP contribution in [0.15, 0.2) is 29.2 Å². The van der Waals surface area contributed by atoms with Crippen molar-refractivity contribution in [2.75, 3.05) is 37.7 Å². The molecule has 1 aromatic rings. The molecule has 0 saturated carbocycles. The number of ether oxygens (including phenoxy) is 1. The van der Waals surface area contributed by atoms with Gasteiger partial charge >= 0.3 is 0 Å². The fourth-order valence-electron chi connectivity index (χ4n) is 3.06. The molecule has 0 N–H and O–H groups in total. The van der Waals surface area contributed by atoms with Crippen molar-refractivity contribution in [2.24, 2.45) is 0 Å². The number of morpholine rings is 1. The summed E-state index contributed by atoms with van der Waals surface area (Å²) in [7, 11) is 0. The van der Waals surface area contributed by atoms with Gasteiger partial charge in [0.15, 0.2) is 0 Å². The number of nitrogens with zero attached hydrogens (tertiary/aromatic N) is 2. The number of amides is 1. The molecular weight excluding hydrogens is 296 g/mol. The first-order valence-corrected chi connectivity index (χ1v) is 8.91. The zero-order chi connectivity index (χ0) is 15.5. The summed E-state index contributed by atoms with van der Waals surface area (Å²) in [6.07, 6.45) is 1.25. The maximum atomic E-state index is 12.8. The number of rotatable bonds is 2. The van der Waals surface area contributed by atoms with Gasteiger partial charge in [0.2, 0.25) is 5.91 Å². The Morgan fingerprint density at radius 1 is 1.32 bits per heavy atom. The highest BCUT2D eigenvalue weighted by molar-refractivity contribution is 8.00. The molecule has 1 fully saturated rings. The predicted octanol–water partition coefficient (Wildman–Crippen LogP) is 2.62. The molecule has 0 spiro atoms. The summed E-state index contributed by atoms with van der Waals surface area (Å²) in [6.45, 7) is 8.00. The quantitative estimate of drug-likeness (QED) is 0.839. The number of carbonyl (C=O) groups is 1. The second kappa shape index (κ2) is 7.02. The fourth-order valence-corrected chi connectivity index (χ4v) is 4.17. The summed E-state index contributed by atoms with van der Waals surface area (Å²) in [5.74, 6) is 0.205. The van der Waals surface area contributed by atoms with Crippen LogP contribution >= 0.6 is 11.8 Å². The Labute approximate surface area is 136 Å². The minimum atomic E-state index is 0.205. The van der Waals surface area contributed by atoms with Crippen LogP contribution in [0, 0.1) is 0 Å². The number of fused-ring (bicyclic) bond motifs is 1. The van der Waals surface area contributed by atoms with E-state index < -0.39 is 0 Å². The zero-order valence-electron chi connectivity index (χ0n) is 13.3. The maximum absolute atomic E-state index is 12.8. The van der Waals surface area contributed by atoms with Gasteiger partial charge in [-0.2, -0.15) is 0 Å². The summed E-state index contributed by atoms with van der Waals surface area (Å²) >= 11 is 1.87. The van der Waals surface area contributed by atoms with E-state index in [0.29, 0.717) is 11.8 Å². The van der Waals surface area contributed by atoms with E-state index in [9.17, 15) is 4.79 Å². The fraction of sp³-hybridized carbons (Fsp3) is 0.588. The molecule has 1 aromatic carbocycles. The summed E-state index contributed by atoms with van der Waals surface area (Å²) in [5.41, 5.74) is 1.07. The first-order valence-electron chi connectivity index (χ1n) is 8.03. The SMILES string of the molecule is CC1CN(CC(=O)N2CCC(C)Sc3ccccc32)CCO1. The Hall–Kier alpha value is -1.04. The van der Waals surface area contributed by atoms with Crippen LogP contribution in [0.2, 0.25) is 0 Å². The lowest BCUT2D eigenvalue weighted by Crippen LogP contribution is -2.47. The van der Waals surface area contributed by atoms with Crippen molar-refractivity contribution in [3.05, 3.63) is 24.3 Å². The van der Waals surface area contributed by atoms with E-state index in [1.807, 2.05) is 22.7 Å². The van der Waals surface area contributed by atoms with Crippen molar-refractivity contribution in [2.45, 2.75) is 36.5 Å². The van der Waals surface area contributed by atoms with Crippen molar-refractivity contribution >= 4 is 23.4 Å². The highest BCUT2D eigenvalue weighted by Gasteiger charge is 2.26. The molecule has 2 unspecified atom stereocenters. The lowest BCUT2D eigenvalue weighted by atomic mass is 10.2. The first-order chi connectivity index (χ1) is 10.6. The number of benzene rings is 1. The normalized spacial score (nSPS) is 26.4. The largest absolute Gasteiger partial charge is 0.376 e. The summed E-state index contributed by atoms with van der Waals surface area (Å²) in [6, 6.07) is 8.27. The lowest BCUT2D eigenvalue weighted by Gasteiger charge is -2.32. The smallest absolute Gasteiger partial charge is 0.241 e. The van der Waals surface area contributed by atoms with E-state index >= 15 is 0 Å². The third-order valence-electron chi connectivity index (χ3n) is 4.23. The maximum Gasteiger partial charge on any atom is 0.241 e. The van der Waals surface area contributed by atoms with Crippen molar-refractivity contribution in [3.63, 3.8) is 0 Å². The van der Waals surface area contributed by atoms with Crippen LogP contribution in [0.25, 0.3) is 0 Å². The van der Waals surface area contributed by atoms with Crippen molar-refractivity contribution in [3.8, 4) is 0 Å². The molecule has 0 aromatic heterocycles. The van der Waals surface area contributed by atoms with Gasteiger partial charge < -0.3 is 9.64 Å². The van der Waals surface area contributed by atoms with Crippen molar-refractivity contribution in [1.29, 1.82) is 0 Å². The van der Waals surface area contributed by atoms with Gasteiger partial charge in [-0.05, 0) is 25.5 Å².